The van der Waals surface area contributed by atoms with Crippen molar-refractivity contribution in [2.24, 2.45) is 0 Å². The van der Waals surface area contributed by atoms with E-state index in [1.54, 1.807) is 0 Å². The van der Waals surface area contributed by atoms with Gasteiger partial charge in [-0.2, -0.15) is 0 Å². The summed E-state index contributed by atoms with van der Waals surface area (Å²) in [6, 6.07) is 4.28. The smallest absolute Gasteiger partial charge is 0.269 e. The van der Waals surface area contributed by atoms with Crippen molar-refractivity contribution in [3.05, 3.63) is 29.6 Å². The van der Waals surface area contributed by atoms with Gasteiger partial charge in [-0.05, 0) is 12.1 Å². The molecule has 1 aromatic rings. The standard InChI is InChI=1S/C13H21N5O6S2/c1-25(21,22)16-8-6-14-12(19)10-4-3-5-11(18-10)13(20)15-7-9-17-26(2,23)24/h3-5,16-17H,6-9H2,1-2H3,(H,14,19)(H,15,20). The molecule has 13 heteroatoms. The maximum atomic E-state index is 12.0. The van der Waals surface area contributed by atoms with Crippen LogP contribution >= 0.6 is 0 Å². The molecule has 0 saturated carbocycles. The van der Waals surface area contributed by atoms with Crippen LogP contribution in [0, 0.1) is 0 Å². The van der Waals surface area contributed by atoms with E-state index in [1.165, 1.54) is 18.2 Å². The molecule has 1 rings (SSSR count). The first-order valence-corrected chi connectivity index (χ1v) is 11.2. The summed E-state index contributed by atoms with van der Waals surface area (Å²) >= 11 is 0. The Morgan fingerprint density at radius 1 is 0.808 bits per heavy atom. The van der Waals surface area contributed by atoms with E-state index in [0.717, 1.165) is 12.5 Å². The predicted octanol–water partition coefficient (Wildman–Crippen LogP) is -2.36. The zero-order chi connectivity index (χ0) is 19.8. The van der Waals surface area contributed by atoms with Crippen LogP contribution in [-0.4, -0.2) is 72.3 Å². The third kappa shape index (κ3) is 9.41. The third-order valence-corrected chi connectivity index (χ3v) is 4.22. The molecule has 0 spiro atoms. The zero-order valence-corrected chi connectivity index (χ0v) is 15.9. The highest BCUT2D eigenvalue weighted by atomic mass is 32.2. The Balaban J connectivity index is 2.52. The monoisotopic (exact) mass is 407 g/mol. The number of sulfonamides is 2. The van der Waals surface area contributed by atoms with Gasteiger partial charge in [0.05, 0.1) is 12.5 Å². The SMILES string of the molecule is CS(=O)(=O)NCCNC(=O)c1cccc(C(=O)NCCNS(C)(=O)=O)n1. The van der Waals surface area contributed by atoms with Crippen LogP contribution in [0.25, 0.3) is 0 Å². The molecule has 4 N–H and O–H groups in total. The second-order valence-electron chi connectivity index (χ2n) is 5.25. The van der Waals surface area contributed by atoms with E-state index in [2.05, 4.69) is 25.1 Å². The fourth-order valence-electron chi connectivity index (χ4n) is 1.69. The molecular formula is C13H21N5O6S2. The Labute approximate surface area is 152 Å². The van der Waals surface area contributed by atoms with Crippen molar-refractivity contribution in [3.8, 4) is 0 Å². The van der Waals surface area contributed by atoms with Gasteiger partial charge in [0, 0.05) is 26.2 Å². The van der Waals surface area contributed by atoms with Crippen LogP contribution in [-0.2, 0) is 20.0 Å². The van der Waals surface area contributed by atoms with Crippen LogP contribution in [0.4, 0.5) is 0 Å². The summed E-state index contributed by atoms with van der Waals surface area (Å²) in [6.07, 6.45) is 2.01. The van der Waals surface area contributed by atoms with Gasteiger partial charge in [-0.1, -0.05) is 6.07 Å². The van der Waals surface area contributed by atoms with Gasteiger partial charge in [-0.15, -0.1) is 0 Å². The van der Waals surface area contributed by atoms with Crippen molar-refractivity contribution in [1.29, 1.82) is 0 Å². The van der Waals surface area contributed by atoms with Gasteiger partial charge < -0.3 is 10.6 Å². The minimum atomic E-state index is -3.34. The molecule has 146 valence electrons. The van der Waals surface area contributed by atoms with E-state index in [9.17, 15) is 26.4 Å². The summed E-state index contributed by atoms with van der Waals surface area (Å²) in [4.78, 5) is 27.8. The van der Waals surface area contributed by atoms with E-state index in [-0.39, 0.29) is 37.6 Å². The average Bonchev–Trinajstić information content (AvgIpc) is 2.53. The van der Waals surface area contributed by atoms with Crippen molar-refractivity contribution in [2.75, 3.05) is 38.7 Å². The minimum absolute atomic E-state index is 0.00809. The van der Waals surface area contributed by atoms with Gasteiger partial charge in [0.25, 0.3) is 11.8 Å². The molecule has 0 saturated heterocycles. The maximum absolute atomic E-state index is 12.0. The lowest BCUT2D eigenvalue weighted by Gasteiger charge is -2.08. The van der Waals surface area contributed by atoms with Crippen LogP contribution in [0.5, 0.6) is 0 Å². The molecule has 1 heterocycles. The highest BCUT2D eigenvalue weighted by Crippen LogP contribution is 1.99. The number of carbonyl (C=O) groups is 2. The molecule has 2 amide bonds. The Morgan fingerprint density at radius 3 is 1.54 bits per heavy atom. The molecule has 26 heavy (non-hydrogen) atoms. The lowest BCUT2D eigenvalue weighted by Crippen LogP contribution is -2.35. The molecule has 0 unspecified atom stereocenters. The summed E-state index contributed by atoms with van der Waals surface area (Å²) in [7, 11) is -6.68. The number of aromatic nitrogens is 1. The van der Waals surface area contributed by atoms with Crippen molar-refractivity contribution in [1.82, 2.24) is 25.1 Å². The summed E-state index contributed by atoms with van der Waals surface area (Å²) in [5, 5.41) is 4.94. The van der Waals surface area contributed by atoms with Crippen molar-refractivity contribution in [2.45, 2.75) is 0 Å². The summed E-state index contributed by atoms with van der Waals surface area (Å²) < 4.78 is 48.1. The second kappa shape index (κ2) is 9.56. The van der Waals surface area contributed by atoms with E-state index in [4.69, 9.17) is 0 Å². The molecule has 11 nitrogen and oxygen atoms in total. The first-order chi connectivity index (χ1) is 12.0. The van der Waals surface area contributed by atoms with Gasteiger partial charge in [-0.25, -0.2) is 31.3 Å². The molecule has 0 aliphatic carbocycles. The van der Waals surface area contributed by atoms with E-state index < -0.39 is 31.9 Å². The minimum Gasteiger partial charge on any atom is -0.349 e. The number of hydrogen-bond acceptors (Lipinski definition) is 7. The van der Waals surface area contributed by atoms with Gasteiger partial charge in [0.2, 0.25) is 20.0 Å². The predicted molar refractivity (Wildman–Crippen MR) is 94.6 cm³/mol. The van der Waals surface area contributed by atoms with Gasteiger partial charge in [0.15, 0.2) is 0 Å². The van der Waals surface area contributed by atoms with Crippen molar-refractivity contribution in [3.63, 3.8) is 0 Å². The molecule has 0 bridgehead atoms. The molecule has 0 atom stereocenters. The Morgan fingerprint density at radius 2 is 1.19 bits per heavy atom. The number of pyridine rings is 1. The summed E-state index contributed by atoms with van der Waals surface area (Å²) in [6.45, 7) is 0.165. The Kier molecular flexibility index (Phi) is 8.08. The summed E-state index contributed by atoms with van der Waals surface area (Å²) in [5.74, 6) is -1.12. The quantitative estimate of drug-likeness (QED) is 0.315. The second-order valence-corrected chi connectivity index (χ2v) is 8.92. The van der Waals surface area contributed by atoms with Gasteiger partial charge in [-0.3, -0.25) is 9.59 Å². The van der Waals surface area contributed by atoms with Gasteiger partial charge >= 0.3 is 0 Å². The highest BCUT2D eigenvalue weighted by molar-refractivity contribution is 7.89. The van der Waals surface area contributed by atoms with Crippen LogP contribution < -0.4 is 20.1 Å². The normalized spacial score (nSPS) is 11.8. The molecule has 1 aromatic heterocycles. The van der Waals surface area contributed by atoms with Crippen LogP contribution in [0.1, 0.15) is 21.0 Å². The van der Waals surface area contributed by atoms with Crippen LogP contribution in [0.15, 0.2) is 18.2 Å². The van der Waals surface area contributed by atoms with E-state index in [1.807, 2.05) is 0 Å². The molecule has 0 aliphatic rings. The molecule has 0 fully saturated rings. The first kappa shape index (κ1) is 22.0. The van der Waals surface area contributed by atoms with Gasteiger partial charge in [0.1, 0.15) is 11.4 Å². The van der Waals surface area contributed by atoms with Crippen LogP contribution in [0.2, 0.25) is 0 Å². The van der Waals surface area contributed by atoms with Crippen LogP contribution in [0.3, 0.4) is 0 Å². The first-order valence-electron chi connectivity index (χ1n) is 7.41. The van der Waals surface area contributed by atoms with Crippen molar-refractivity contribution < 1.29 is 26.4 Å². The number of nitrogens with one attached hydrogen (secondary N) is 4. The fourth-order valence-corrected chi connectivity index (χ4v) is 2.64. The third-order valence-electron chi connectivity index (χ3n) is 2.76. The Hall–Kier alpha value is -2.09. The zero-order valence-electron chi connectivity index (χ0n) is 14.3. The number of hydrogen-bond donors (Lipinski definition) is 4. The number of nitrogens with zero attached hydrogens (tertiary/aromatic N) is 1. The molecule has 0 aromatic carbocycles. The average molecular weight is 407 g/mol. The number of carbonyl (C=O) groups excluding carboxylic acids is 2. The van der Waals surface area contributed by atoms with Crippen molar-refractivity contribution >= 4 is 31.9 Å². The molecule has 0 aliphatic heterocycles. The topological polar surface area (TPSA) is 163 Å². The van der Waals surface area contributed by atoms with E-state index >= 15 is 0 Å². The molecular weight excluding hydrogens is 386 g/mol. The fraction of sp³-hybridized carbons (Fsp3) is 0.462. The lowest BCUT2D eigenvalue weighted by atomic mass is 10.2. The number of rotatable bonds is 10. The largest absolute Gasteiger partial charge is 0.349 e. The Bertz CT molecular complexity index is 786. The summed E-state index contributed by atoms with van der Waals surface area (Å²) in [5.41, 5.74) is -0.0162. The highest BCUT2D eigenvalue weighted by Gasteiger charge is 2.12. The van der Waals surface area contributed by atoms with E-state index in [0.29, 0.717) is 0 Å². The maximum Gasteiger partial charge on any atom is 0.269 e. The lowest BCUT2D eigenvalue weighted by molar-refractivity contribution is 0.0945. The molecule has 0 radical (unpaired) electrons. The number of amides is 2.